The maximum atomic E-state index is 6.32. The second kappa shape index (κ2) is 5.41. The molecule has 0 amide bonds. The molecular weight excluding hydrogens is 240 g/mol. The molecular formula is C12H17ClN2S. The number of hydrogen-bond donors (Lipinski definition) is 1. The predicted octanol–water partition coefficient (Wildman–Crippen LogP) is 2.39. The average Bonchev–Trinajstić information content (AvgIpc) is 2.29. The van der Waals surface area contributed by atoms with Gasteiger partial charge in [-0.25, -0.2) is 0 Å². The van der Waals surface area contributed by atoms with E-state index in [0.717, 1.165) is 22.9 Å². The lowest BCUT2D eigenvalue weighted by Gasteiger charge is -2.36. The summed E-state index contributed by atoms with van der Waals surface area (Å²) in [6.45, 7) is 1.11. The van der Waals surface area contributed by atoms with E-state index in [1.807, 2.05) is 30.0 Å². The molecule has 0 spiro atoms. The summed E-state index contributed by atoms with van der Waals surface area (Å²) in [5, 5.41) is 0.763. The summed E-state index contributed by atoms with van der Waals surface area (Å²) in [7, 11) is 2.15. The van der Waals surface area contributed by atoms with Crippen molar-refractivity contribution in [2.75, 3.05) is 25.1 Å². The highest BCUT2D eigenvalue weighted by atomic mass is 35.5. The molecule has 0 radical (unpaired) electrons. The van der Waals surface area contributed by atoms with Gasteiger partial charge in [-0.3, -0.25) is 4.90 Å². The van der Waals surface area contributed by atoms with Crippen molar-refractivity contribution in [3.63, 3.8) is 0 Å². The Bertz CT molecular complexity index is 359. The standard InChI is InChI=1S/C12H17ClN2S/c1-15-5-6-16-8-11(15)12(14)9-3-2-4-10(13)7-9/h2-4,7,11-12H,5-6,8,14H2,1H3. The van der Waals surface area contributed by atoms with Crippen molar-refractivity contribution in [2.45, 2.75) is 12.1 Å². The fraction of sp³-hybridized carbons (Fsp3) is 0.500. The smallest absolute Gasteiger partial charge is 0.0461 e. The molecule has 16 heavy (non-hydrogen) atoms. The highest BCUT2D eigenvalue weighted by Gasteiger charge is 2.26. The van der Waals surface area contributed by atoms with Gasteiger partial charge in [-0.05, 0) is 24.7 Å². The zero-order valence-corrected chi connectivity index (χ0v) is 11.0. The van der Waals surface area contributed by atoms with Gasteiger partial charge in [0.1, 0.15) is 0 Å². The van der Waals surface area contributed by atoms with Crippen LogP contribution in [0.25, 0.3) is 0 Å². The number of benzene rings is 1. The Morgan fingerprint density at radius 1 is 1.56 bits per heavy atom. The summed E-state index contributed by atoms with van der Waals surface area (Å²) in [6, 6.07) is 8.35. The maximum Gasteiger partial charge on any atom is 0.0461 e. The molecule has 1 fully saturated rings. The molecule has 0 aliphatic carbocycles. The summed E-state index contributed by atoms with van der Waals surface area (Å²) in [6.07, 6.45) is 0. The first kappa shape index (κ1) is 12.2. The molecule has 1 aliphatic heterocycles. The van der Waals surface area contributed by atoms with Crippen molar-refractivity contribution in [3.05, 3.63) is 34.9 Å². The van der Waals surface area contributed by atoms with Gasteiger partial charge in [-0.1, -0.05) is 23.7 Å². The van der Waals surface area contributed by atoms with Gasteiger partial charge in [0.05, 0.1) is 0 Å². The van der Waals surface area contributed by atoms with Crippen LogP contribution >= 0.6 is 23.4 Å². The van der Waals surface area contributed by atoms with E-state index in [4.69, 9.17) is 17.3 Å². The van der Waals surface area contributed by atoms with Crippen LogP contribution < -0.4 is 5.73 Å². The van der Waals surface area contributed by atoms with E-state index in [-0.39, 0.29) is 6.04 Å². The molecule has 2 atom stereocenters. The number of halogens is 1. The molecule has 0 bridgehead atoms. The molecule has 2 N–H and O–H groups in total. The van der Waals surface area contributed by atoms with Gasteiger partial charge in [0, 0.05) is 35.2 Å². The molecule has 1 heterocycles. The monoisotopic (exact) mass is 256 g/mol. The van der Waals surface area contributed by atoms with Crippen LogP contribution in [-0.2, 0) is 0 Å². The van der Waals surface area contributed by atoms with Gasteiger partial charge in [-0.15, -0.1) is 0 Å². The van der Waals surface area contributed by atoms with Crippen molar-refractivity contribution in [3.8, 4) is 0 Å². The first-order valence-electron chi connectivity index (χ1n) is 5.47. The fourth-order valence-electron chi connectivity index (χ4n) is 2.02. The third-order valence-electron chi connectivity index (χ3n) is 3.09. The molecule has 1 aliphatic rings. The highest BCUT2D eigenvalue weighted by molar-refractivity contribution is 7.99. The lowest BCUT2D eigenvalue weighted by Crippen LogP contribution is -2.46. The molecule has 2 unspecified atom stereocenters. The van der Waals surface area contributed by atoms with E-state index in [2.05, 4.69) is 18.0 Å². The lowest BCUT2D eigenvalue weighted by atomic mass is 10.0. The topological polar surface area (TPSA) is 29.3 Å². The van der Waals surface area contributed by atoms with E-state index in [0.29, 0.717) is 6.04 Å². The van der Waals surface area contributed by atoms with Crippen LogP contribution in [0, 0.1) is 0 Å². The number of likely N-dealkylation sites (N-methyl/N-ethyl adjacent to an activating group) is 1. The molecule has 2 rings (SSSR count). The Labute approximate surface area is 106 Å². The van der Waals surface area contributed by atoms with Crippen LogP contribution in [0.1, 0.15) is 11.6 Å². The molecule has 2 nitrogen and oxygen atoms in total. The molecule has 1 saturated heterocycles. The molecule has 88 valence electrons. The molecule has 4 heteroatoms. The van der Waals surface area contributed by atoms with Gasteiger partial charge in [0.15, 0.2) is 0 Å². The minimum absolute atomic E-state index is 0.0523. The molecule has 1 aromatic rings. The SMILES string of the molecule is CN1CCSCC1C(N)c1cccc(Cl)c1. The van der Waals surface area contributed by atoms with Gasteiger partial charge in [0.25, 0.3) is 0 Å². The molecule has 1 aromatic carbocycles. The van der Waals surface area contributed by atoms with Crippen molar-refractivity contribution < 1.29 is 0 Å². The zero-order valence-electron chi connectivity index (χ0n) is 9.40. The number of nitrogens with zero attached hydrogens (tertiary/aromatic N) is 1. The molecule has 0 saturated carbocycles. The van der Waals surface area contributed by atoms with Crippen molar-refractivity contribution in [1.29, 1.82) is 0 Å². The van der Waals surface area contributed by atoms with Crippen LogP contribution in [0.4, 0.5) is 0 Å². The minimum Gasteiger partial charge on any atom is -0.323 e. The van der Waals surface area contributed by atoms with Gasteiger partial charge in [-0.2, -0.15) is 11.8 Å². The van der Waals surface area contributed by atoms with E-state index >= 15 is 0 Å². The third kappa shape index (κ3) is 2.72. The van der Waals surface area contributed by atoms with Crippen LogP contribution in [0.15, 0.2) is 24.3 Å². The first-order valence-corrected chi connectivity index (χ1v) is 7.01. The summed E-state index contributed by atoms with van der Waals surface area (Å²) >= 11 is 7.97. The van der Waals surface area contributed by atoms with Crippen LogP contribution in [0.3, 0.4) is 0 Å². The lowest BCUT2D eigenvalue weighted by molar-refractivity contribution is 0.237. The molecule has 0 aromatic heterocycles. The summed E-state index contributed by atoms with van der Waals surface area (Å²) < 4.78 is 0. The Hall–Kier alpha value is -0.220. The highest BCUT2D eigenvalue weighted by Crippen LogP contribution is 2.26. The zero-order chi connectivity index (χ0) is 11.5. The predicted molar refractivity (Wildman–Crippen MR) is 72.1 cm³/mol. The van der Waals surface area contributed by atoms with Crippen LogP contribution in [0.2, 0.25) is 5.02 Å². The van der Waals surface area contributed by atoms with Gasteiger partial charge in [0.2, 0.25) is 0 Å². The van der Waals surface area contributed by atoms with Crippen LogP contribution in [0.5, 0.6) is 0 Å². The van der Waals surface area contributed by atoms with Crippen molar-refractivity contribution in [2.24, 2.45) is 5.73 Å². The Kier molecular flexibility index (Phi) is 4.14. The number of nitrogens with two attached hydrogens (primary N) is 1. The Balaban J connectivity index is 2.14. The van der Waals surface area contributed by atoms with Gasteiger partial charge >= 0.3 is 0 Å². The number of thioether (sulfide) groups is 1. The van der Waals surface area contributed by atoms with Crippen molar-refractivity contribution >= 4 is 23.4 Å². The van der Waals surface area contributed by atoms with Crippen LogP contribution in [-0.4, -0.2) is 36.0 Å². The van der Waals surface area contributed by atoms with E-state index < -0.39 is 0 Å². The second-order valence-electron chi connectivity index (χ2n) is 4.20. The Morgan fingerprint density at radius 3 is 3.06 bits per heavy atom. The minimum atomic E-state index is 0.0523. The van der Waals surface area contributed by atoms with Gasteiger partial charge < -0.3 is 5.73 Å². The summed E-state index contributed by atoms with van der Waals surface area (Å²) in [5.41, 5.74) is 7.45. The third-order valence-corrected chi connectivity index (χ3v) is 4.37. The Morgan fingerprint density at radius 2 is 2.38 bits per heavy atom. The summed E-state index contributed by atoms with van der Waals surface area (Å²) in [5.74, 6) is 2.31. The fourth-order valence-corrected chi connectivity index (χ4v) is 3.51. The maximum absolute atomic E-state index is 6.32. The second-order valence-corrected chi connectivity index (χ2v) is 5.79. The van der Waals surface area contributed by atoms with E-state index in [1.165, 1.54) is 5.75 Å². The van der Waals surface area contributed by atoms with E-state index in [9.17, 15) is 0 Å². The van der Waals surface area contributed by atoms with Crippen molar-refractivity contribution in [1.82, 2.24) is 4.90 Å². The summed E-state index contributed by atoms with van der Waals surface area (Å²) in [4.78, 5) is 2.35. The largest absolute Gasteiger partial charge is 0.323 e. The number of hydrogen-bond acceptors (Lipinski definition) is 3. The normalized spacial score (nSPS) is 24.3. The average molecular weight is 257 g/mol. The first-order chi connectivity index (χ1) is 7.68. The number of rotatable bonds is 2. The quantitative estimate of drug-likeness (QED) is 0.881. The van der Waals surface area contributed by atoms with E-state index in [1.54, 1.807) is 0 Å².